The Morgan fingerprint density at radius 1 is 1.42 bits per heavy atom. The minimum atomic E-state index is -2.61. The summed E-state index contributed by atoms with van der Waals surface area (Å²) in [4.78, 5) is 9.67. The highest BCUT2D eigenvalue weighted by Crippen LogP contribution is 2.18. The average molecular weight is 271 g/mol. The number of imidazole rings is 1. The first-order valence-electron chi connectivity index (χ1n) is 5.83. The molecule has 6 nitrogen and oxygen atoms in total. The van der Waals surface area contributed by atoms with Gasteiger partial charge in [0.25, 0.3) is 0 Å². The SMILES string of the molecule is CC(C)c1noc(N(C)Cc2nccn2C(F)F)n1. The number of aromatic nitrogens is 4. The van der Waals surface area contributed by atoms with Crippen molar-refractivity contribution in [2.75, 3.05) is 11.9 Å². The van der Waals surface area contributed by atoms with Gasteiger partial charge in [-0.05, 0) is 0 Å². The van der Waals surface area contributed by atoms with Crippen LogP contribution in [0.2, 0.25) is 0 Å². The highest BCUT2D eigenvalue weighted by atomic mass is 19.3. The minimum Gasteiger partial charge on any atom is -0.320 e. The van der Waals surface area contributed by atoms with Crippen molar-refractivity contribution in [1.82, 2.24) is 19.7 Å². The summed E-state index contributed by atoms with van der Waals surface area (Å²) in [7, 11) is 1.68. The van der Waals surface area contributed by atoms with Crippen molar-refractivity contribution in [3.63, 3.8) is 0 Å². The lowest BCUT2D eigenvalue weighted by Crippen LogP contribution is -2.20. The third-order valence-electron chi connectivity index (χ3n) is 2.61. The van der Waals surface area contributed by atoms with Crippen LogP contribution in [-0.2, 0) is 6.54 Å². The van der Waals surface area contributed by atoms with E-state index in [4.69, 9.17) is 4.52 Å². The summed E-state index contributed by atoms with van der Waals surface area (Å²) in [6, 6.07) is 0.285. The zero-order valence-corrected chi connectivity index (χ0v) is 10.9. The Bertz CT molecular complexity index is 537. The van der Waals surface area contributed by atoms with Gasteiger partial charge in [-0.3, -0.25) is 4.57 Å². The molecule has 0 radical (unpaired) electrons. The molecule has 0 fully saturated rings. The fraction of sp³-hybridized carbons (Fsp3) is 0.545. The van der Waals surface area contributed by atoms with Gasteiger partial charge in [0.15, 0.2) is 5.82 Å². The Morgan fingerprint density at radius 3 is 2.74 bits per heavy atom. The van der Waals surface area contributed by atoms with E-state index in [-0.39, 0.29) is 24.3 Å². The van der Waals surface area contributed by atoms with E-state index < -0.39 is 6.55 Å². The quantitative estimate of drug-likeness (QED) is 0.835. The van der Waals surface area contributed by atoms with Gasteiger partial charge in [0.2, 0.25) is 0 Å². The van der Waals surface area contributed by atoms with Crippen LogP contribution in [0.5, 0.6) is 0 Å². The highest BCUT2D eigenvalue weighted by molar-refractivity contribution is 5.24. The van der Waals surface area contributed by atoms with Crippen LogP contribution in [0, 0.1) is 0 Å². The second-order valence-corrected chi connectivity index (χ2v) is 4.47. The van der Waals surface area contributed by atoms with Gasteiger partial charge >= 0.3 is 12.6 Å². The molecule has 2 heterocycles. The van der Waals surface area contributed by atoms with Crippen LogP contribution in [0.4, 0.5) is 14.8 Å². The molecule has 2 aromatic heterocycles. The number of anilines is 1. The van der Waals surface area contributed by atoms with Crippen LogP contribution < -0.4 is 4.90 Å². The molecule has 0 amide bonds. The molecule has 0 saturated carbocycles. The van der Waals surface area contributed by atoms with Crippen LogP contribution in [0.3, 0.4) is 0 Å². The summed E-state index contributed by atoms with van der Waals surface area (Å²) < 4.78 is 31.2. The molecule has 0 aromatic carbocycles. The second kappa shape index (κ2) is 5.33. The van der Waals surface area contributed by atoms with Gasteiger partial charge in [-0.25, -0.2) is 4.98 Å². The van der Waals surface area contributed by atoms with Gasteiger partial charge in [-0.2, -0.15) is 13.8 Å². The number of hydrogen-bond donors (Lipinski definition) is 0. The summed E-state index contributed by atoms with van der Waals surface area (Å²) in [6.45, 7) is 1.44. The summed E-state index contributed by atoms with van der Waals surface area (Å²) in [5.41, 5.74) is 0. The van der Waals surface area contributed by atoms with E-state index >= 15 is 0 Å². The third-order valence-corrected chi connectivity index (χ3v) is 2.61. The van der Waals surface area contributed by atoms with E-state index in [2.05, 4.69) is 15.1 Å². The molecule has 0 atom stereocenters. The fourth-order valence-electron chi connectivity index (χ4n) is 1.54. The molecule has 2 rings (SSSR count). The van der Waals surface area contributed by atoms with E-state index in [9.17, 15) is 8.78 Å². The fourth-order valence-corrected chi connectivity index (χ4v) is 1.54. The molecule has 0 aliphatic heterocycles. The molecule has 0 aliphatic rings. The molecule has 0 aliphatic carbocycles. The first kappa shape index (κ1) is 13.4. The molecule has 8 heteroatoms. The Hall–Kier alpha value is -1.99. The maximum atomic E-state index is 12.7. The maximum Gasteiger partial charge on any atom is 0.324 e. The number of rotatable bonds is 5. The van der Waals surface area contributed by atoms with Gasteiger partial charge in [-0.1, -0.05) is 19.0 Å². The zero-order chi connectivity index (χ0) is 14.0. The van der Waals surface area contributed by atoms with Gasteiger partial charge in [-0.15, -0.1) is 0 Å². The monoisotopic (exact) mass is 271 g/mol. The van der Waals surface area contributed by atoms with Crippen LogP contribution in [-0.4, -0.2) is 26.7 Å². The van der Waals surface area contributed by atoms with Crippen molar-refractivity contribution in [3.8, 4) is 0 Å². The molecular weight excluding hydrogens is 256 g/mol. The highest BCUT2D eigenvalue weighted by Gasteiger charge is 2.17. The first-order valence-corrected chi connectivity index (χ1v) is 5.83. The Morgan fingerprint density at radius 2 is 2.16 bits per heavy atom. The predicted molar refractivity (Wildman–Crippen MR) is 64.0 cm³/mol. The summed E-state index contributed by atoms with van der Waals surface area (Å²) in [5, 5.41) is 3.82. The van der Waals surface area contributed by atoms with Crippen molar-refractivity contribution in [2.45, 2.75) is 32.9 Å². The number of nitrogens with zero attached hydrogens (tertiary/aromatic N) is 5. The van der Waals surface area contributed by atoms with E-state index in [0.29, 0.717) is 5.82 Å². The van der Waals surface area contributed by atoms with Crippen molar-refractivity contribution < 1.29 is 13.3 Å². The first-order chi connectivity index (χ1) is 8.99. The third kappa shape index (κ3) is 2.88. The number of alkyl halides is 2. The standard InChI is InChI=1S/C11H15F2N5O/c1-7(2)9-15-11(19-16-9)17(3)6-8-14-4-5-18(8)10(12)13/h4-5,7,10H,6H2,1-3H3. The van der Waals surface area contributed by atoms with E-state index in [1.165, 1.54) is 12.4 Å². The Balaban J connectivity index is 2.11. The Kier molecular flexibility index (Phi) is 3.77. The van der Waals surface area contributed by atoms with Gasteiger partial charge in [0.05, 0.1) is 6.54 Å². The van der Waals surface area contributed by atoms with Gasteiger partial charge in [0.1, 0.15) is 5.82 Å². The molecule has 0 saturated heterocycles. The van der Waals surface area contributed by atoms with Crippen LogP contribution >= 0.6 is 0 Å². The van der Waals surface area contributed by atoms with E-state index in [1.54, 1.807) is 11.9 Å². The predicted octanol–water partition coefficient (Wildman–Crippen LogP) is 2.42. The summed E-state index contributed by atoms with van der Waals surface area (Å²) in [5.74, 6) is 0.967. The minimum absolute atomic E-state index is 0.147. The maximum absolute atomic E-state index is 12.7. The van der Waals surface area contributed by atoms with Crippen molar-refractivity contribution in [2.24, 2.45) is 0 Å². The van der Waals surface area contributed by atoms with Crippen LogP contribution in [0.1, 0.15) is 38.0 Å². The second-order valence-electron chi connectivity index (χ2n) is 4.47. The van der Waals surface area contributed by atoms with Crippen molar-refractivity contribution in [3.05, 3.63) is 24.0 Å². The molecule has 19 heavy (non-hydrogen) atoms. The summed E-state index contributed by atoms with van der Waals surface area (Å²) in [6.07, 6.45) is 2.57. The van der Waals surface area contributed by atoms with Gasteiger partial charge in [0, 0.05) is 25.4 Å². The molecule has 0 unspecified atom stereocenters. The lowest BCUT2D eigenvalue weighted by atomic mass is 10.2. The Labute approximate surface area is 109 Å². The molecular formula is C11H15F2N5O. The zero-order valence-electron chi connectivity index (χ0n) is 10.9. The average Bonchev–Trinajstić information content (AvgIpc) is 2.96. The van der Waals surface area contributed by atoms with Crippen molar-refractivity contribution in [1.29, 1.82) is 0 Å². The number of halogens is 2. The van der Waals surface area contributed by atoms with E-state index in [1.807, 2.05) is 13.8 Å². The molecule has 0 spiro atoms. The van der Waals surface area contributed by atoms with Gasteiger partial charge < -0.3 is 9.42 Å². The largest absolute Gasteiger partial charge is 0.324 e. The van der Waals surface area contributed by atoms with E-state index in [0.717, 1.165) is 4.57 Å². The topological polar surface area (TPSA) is 60.0 Å². The number of hydrogen-bond acceptors (Lipinski definition) is 5. The lowest BCUT2D eigenvalue weighted by Gasteiger charge is -2.14. The van der Waals surface area contributed by atoms with Crippen LogP contribution in [0.25, 0.3) is 0 Å². The molecule has 104 valence electrons. The molecule has 2 aromatic rings. The van der Waals surface area contributed by atoms with Crippen molar-refractivity contribution >= 4 is 6.01 Å². The molecule has 0 bridgehead atoms. The van der Waals surface area contributed by atoms with Crippen LogP contribution in [0.15, 0.2) is 16.9 Å². The lowest BCUT2D eigenvalue weighted by molar-refractivity contribution is 0.0670. The molecule has 0 N–H and O–H groups in total. The summed E-state index contributed by atoms with van der Waals surface area (Å²) >= 11 is 0. The normalized spacial score (nSPS) is 11.5. The smallest absolute Gasteiger partial charge is 0.320 e.